The molecule has 1 fully saturated rings. The van der Waals surface area contributed by atoms with Crippen molar-refractivity contribution in [2.45, 2.75) is 32.0 Å². The van der Waals surface area contributed by atoms with E-state index in [0.717, 1.165) is 0 Å². The Labute approximate surface area is 78.5 Å². The summed E-state index contributed by atoms with van der Waals surface area (Å²) in [5, 5.41) is 18.6. The van der Waals surface area contributed by atoms with Crippen LogP contribution in [-0.4, -0.2) is 42.3 Å². The van der Waals surface area contributed by atoms with Crippen LogP contribution in [0, 0.1) is 5.92 Å². The second kappa shape index (κ2) is 3.94. The molecule has 4 nitrogen and oxygen atoms in total. The maximum absolute atomic E-state index is 11.2. The van der Waals surface area contributed by atoms with E-state index in [0.29, 0.717) is 12.8 Å². The molecule has 0 spiro atoms. The molecule has 78 valence electrons. The van der Waals surface area contributed by atoms with Crippen molar-refractivity contribution in [1.82, 2.24) is 0 Å². The summed E-state index contributed by atoms with van der Waals surface area (Å²) in [6.45, 7) is 1.61. The number of hydrogen-bond donors (Lipinski definition) is 2. The summed E-state index contributed by atoms with van der Waals surface area (Å²) in [6, 6.07) is 0. The molecule has 13 heavy (non-hydrogen) atoms. The average molecular weight is 208 g/mol. The monoisotopic (exact) mass is 208 g/mol. The average Bonchev–Trinajstić information content (AvgIpc) is 1.95. The Morgan fingerprint density at radius 2 is 2.15 bits per heavy atom. The van der Waals surface area contributed by atoms with Crippen LogP contribution in [0.2, 0.25) is 0 Å². The van der Waals surface area contributed by atoms with E-state index < -0.39 is 22.0 Å². The zero-order valence-electron chi connectivity index (χ0n) is 7.68. The third-order valence-electron chi connectivity index (χ3n) is 2.38. The van der Waals surface area contributed by atoms with Crippen LogP contribution in [0.4, 0.5) is 0 Å². The second-order valence-electron chi connectivity index (χ2n) is 3.82. The minimum Gasteiger partial charge on any atom is -0.393 e. The maximum atomic E-state index is 11.2. The molecular formula is C8H16O4S. The third kappa shape index (κ3) is 3.25. The SMILES string of the molecule is CC(O)CC1CS(=O)(=O)CCC1O. The molecule has 2 N–H and O–H groups in total. The van der Waals surface area contributed by atoms with Crippen LogP contribution in [-0.2, 0) is 9.84 Å². The molecule has 1 heterocycles. The normalized spacial score (nSPS) is 35.6. The van der Waals surface area contributed by atoms with E-state index in [-0.39, 0.29) is 17.4 Å². The first-order chi connectivity index (χ1) is 5.91. The first kappa shape index (κ1) is 10.9. The molecule has 0 aromatic rings. The molecule has 1 rings (SSSR count). The van der Waals surface area contributed by atoms with Crippen molar-refractivity contribution in [3.8, 4) is 0 Å². The molecule has 3 atom stereocenters. The number of hydrogen-bond acceptors (Lipinski definition) is 4. The number of aliphatic hydroxyl groups excluding tert-OH is 2. The first-order valence-corrected chi connectivity index (χ1v) is 6.29. The van der Waals surface area contributed by atoms with E-state index in [4.69, 9.17) is 5.11 Å². The summed E-state index contributed by atoms with van der Waals surface area (Å²) in [6.07, 6.45) is -0.453. The Kier molecular flexibility index (Phi) is 3.32. The summed E-state index contributed by atoms with van der Waals surface area (Å²) in [7, 11) is -2.98. The quantitative estimate of drug-likeness (QED) is 0.644. The van der Waals surface area contributed by atoms with E-state index in [1.165, 1.54) is 0 Å². The van der Waals surface area contributed by atoms with E-state index >= 15 is 0 Å². The maximum Gasteiger partial charge on any atom is 0.150 e. The van der Waals surface area contributed by atoms with E-state index in [9.17, 15) is 13.5 Å². The van der Waals surface area contributed by atoms with Crippen molar-refractivity contribution in [3.63, 3.8) is 0 Å². The molecule has 1 aliphatic heterocycles. The lowest BCUT2D eigenvalue weighted by Crippen LogP contribution is -2.37. The van der Waals surface area contributed by atoms with Gasteiger partial charge in [-0.2, -0.15) is 0 Å². The Morgan fingerprint density at radius 3 is 2.69 bits per heavy atom. The predicted molar refractivity (Wildman–Crippen MR) is 49.1 cm³/mol. The predicted octanol–water partition coefficient (Wildman–Crippen LogP) is -0.447. The number of aliphatic hydroxyl groups is 2. The fourth-order valence-corrected chi connectivity index (χ4v) is 3.50. The molecule has 1 saturated heterocycles. The van der Waals surface area contributed by atoms with Gasteiger partial charge in [-0.15, -0.1) is 0 Å². The fraction of sp³-hybridized carbons (Fsp3) is 1.00. The summed E-state index contributed by atoms with van der Waals surface area (Å²) in [4.78, 5) is 0. The smallest absolute Gasteiger partial charge is 0.150 e. The topological polar surface area (TPSA) is 74.6 Å². The fourth-order valence-electron chi connectivity index (χ4n) is 1.72. The van der Waals surface area contributed by atoms with Crippen molar-refractivity contribution >= 4 is 9.84 Å². The molecular weight excluding hydrogens is 192 g/mol. The van der Waals surface area contributed by atoms with Crippen molar-refractivity contribution in [2.75, 3.05) is 11.5 Å². The highest BCUT2D eigenvalue weighted by molar-refractivity contribution is 7.91. The lowest BCUT2D eigenvalue weighted by Gasteiger charge is -2.28. The van der Waals surface area contributed by atoms with Gasteiger partial charge in [0.2, 0.25) is 0 Å². The Bertz CT molecular complexity index is 257. The first-order valence-electron chi connectivity index (χ1n) is 4.47. The van der Waals surface area contributed by atoms with Gasteiger partial charge in [0, 0.05) is 5.92 Å². The van der Waals surface area contributed by atoms with E-state index in [2.05, 4.69) is 0 Å². The van der Waals surface area contributed by atoms with Gasteiger partial charge in [-0.05, 0) is 19.8 Å². The zero-order valence-corrected chi connectivity index (χ0v) is 8.50. The zero-order chi connectivity index (χ0) is 10.1. The second-order valence-corrected chi connectivity index (χ2v) is 6.04. The van der Waals surface area contributed by atoms with Gasteiger partial charge in [0.15, 0.2) is 9.84 Å². The van der Waals surface area contributed by atoms with Gasteiger partial charge >= 0.3 is 0 Å². The summed E-state index contributed by atoms with van der Waals surface area (Å²) < 4.78 is 22.4. The molecule has 0 aliphatic carbocycles. The van der Waals surface area contributed by atoms with Crippen LogP contribution < -0.4 is 0 Å². The molecule has 0 radical (unpaired) electrons. The van der Waals surface area contributed by atoms with Gasteiger partial charge < -0.3 is 10.2 Å². The van der Waals surface area contributed by atoms with Gasteiger partial charge in [-0.25, -0.2) is 8.42 Å². The minimum absolute atomic E-state index is 0.0130. The lowest BCUT2D eigenvalue weighted by atomic mass is 9.96. The third-order valence-corrected chi connectivity index (χ3v) is 4.17. The van der Waals surface area contributed by atoms with Crippen LogP contribution >= 0.6 is 0 Å². The lowest BCUT2D eigenvalue weighted by molar-refractivity contribution is 0.0712. The van der Waals surface area contributed by atoms with Crippen LogP contribution in [0.3, 0.4) is 0 Å². The highest BCUT2D eigenvalue weighted by Gasteiger charge is 2.32. The molecule has 5 heteroatoms. The minimum atomic E-state index is -2.98. The van der Waals surface area contributed by atoms with Gasteiger partial charge in [-0.1, -0.05) is 0 Å². The van der Waals surface area contributed by atoms with Gasteiger partial charge in [0.1, 0.15) is 0 Å². The summed E-state index contributed by atoms with van der Waals surface area (Å²) in [5.74, 6) is -0.206. The summed E-state index contributed by atoms with van der Waals surface area (Å²) >= 11 is 0. The summed E-state index contributed by atoms with van der Waals surface area (Å²) in [5.41, 5.74) is 0. The van der Waals surface area contributed by atoms with Gasteiger partial charge in [0.25, 0.3) is 0 Å². The number of rotatable bonds is 2. The molecule has 0 aromatic carbocycles. The van der Waals surface area contributed by atoms with Crippen molar-refractivity contribution in [2.24, 2.45) is 5.92 Å². The van der Waals surface area contributed by atoms with Crippen molar-refractivity contribution in [3.05, 3.63) is 0 Å². The Hall–Kier alpha value is -0.130. The van der Waals surface area contributed by atoms with E-state index in [1.807, 2.05) is 0 Å². The standard InChI is InChI=1S/C8H16O4S/c1-6(9)4-7-5-13(11,12)3-2-8(7)10/h6-10H,2-5H2,1H3. The highest BCUT2D eigenvalue weighted by atomic mass is 32.2. The van der Waals surface area contributed by atoms with Gasteiger partial charge in [-0.3, -0.25) is 0 Å². The molecule has 0 amide bonds. The van der Waals surface area contributed by atoms with Crippen molar-refractivity contribution < 1.29 is 18.6 Å². The molecule has 0 bridgehead atoms. The van der Waals surface area contributed by atoms with Crippen LogP contribution in [0.5, 0.6) is 0 Å². The van der Waals surface area contributed by atoms with Crippen LogP contribution in [0.15, 0.2) is 0 Å². The largest absolute Gasteiger partial charge is 0.393 e. The molecule has 0 saturated carbocycles. The van der Waals surface area contributed by atoms with E-state index in [1.54, 1.807) is 6.92 Å². The van der Waals surface area contributed by atoms with Crippen molar-refractivity contribution in [1.29, 1.82) is 0 Å². The van der Waals surface area contributed by atoms with Gasteiger partial charge in [0.05, 0.1) is 23.7 Å². The molecule has 0 aromatic heterocycles. The molecule has 3 unspecified atom stereocenters. The highest BCUT2D eigenvalue weighted by Crippen LogP contribution is 2.23. The van der Waals surface area contributed by atoms with Crippen LogP contribution in [0.1, 0.15) is 19.8 Å². The Balaban J connectivity index is 2.61. The van der Waals surface area contributed by atoms with Crippen LogP contribution in [0.25, 0.3) is 0 Å². The Morgan fingerprint density at radius 1 is 1.54 bits per heavy atom. The number of sulfone groups is 1. The molecule has 1 aliphatic rings.